The van der Waals surface area contributed by atoms with Crippen LogP contribution >= 0.6 is 0 Å². The van der Waals surface area contributed by atoms with Gasteiger partial charge in [-0.05, 0) is 28.8 Å². The number of hydrogen-bond acceptors (Lipinski definition) is 1. The molecule has 0 atom stereocenters. The highest BCUT2D eigenvalue weighted by molar-refractivity contribution is 5.51. The van der Waals surface area contributed by atoms with Crippen LogP contribution in [0.4, 0.5) is 4.39 Å². The first-order valence-corrected chi connectivity index (χ1v) is 5.82. The van der Waals surface area contributed by atoms with Crippen LogP contribution in [0.2, 0.25) is 0 Å². The van der Waals surface area contributed by atoms with Crippen LogP contribution in [-0.2, 0) is 18.0 Å². The van der Waals surface area contributed by atoms with Gasteiger partial charge in [0.1, 0.15) is 5.82 Å². The Balaban J connectivity index is 1.98. The Labute approximate surface area is 107 Å². The molecule has 0 heterocycles. The number of hydrogen-bond donors (Lipinski definition) is 0. The van der Waals surface area contributed by atoms with E-state index in [0.29, 0.717) is 13.2 Å². The minimum Gasteiger partial charge on any atom is -0.372 e. The first-order chi connectivity index (χ1) is 8.79. The van der Waals surface area contributed by atoms with Gasteiger partial charge in [0, 0.05) is 0 Å². The van der Waals surface area contributed by atoms with E-state index in [-0.39, 0.29) is 5.82 Å². The van der Waals surface area contributed by atoms with Crippen molar-refractivity contribution in [3.63, 3.8) is 0 Å². The topological polar surface area (TPSA) is 9.23 Å². The van der Waals surface area contributed by atoms with Crippen molar-refractivity contribution in [3.05, 3.63) is 77.6 Å². The van der Waals surface area contributed by atoms with Crippen molar-refractivity contribution in [2.24, 2.45) is 0 Å². The maximum atomic E-state index is 13.1. The molecule has 2 aromatic carbocycles. The second-order valence-corrected chi connectivity index (χ2v) is 4.03. The number of rotatable bonds is 5. The molecule has 0 aliphatic rings. The van der Waals surface area contributed by atoms with E-state index in [1.54, 1.807) is 12.1 Å². The van der Waals surface area contributed by atoms with E-state index in [1.165, 1.54) is 12.1 Å². The molecule has 18 heavy (non-hydrogen) atoms. The van der Waals surface area contributed by atoms with Crippen LogP contribution in [0.3, 0.4) is 0 Å². The lowest BCUT2D eigenvalue weighted by molar-refractivity contribution is 0.107. The van der Waals surface area contributed by atoms with Gasteiger partial charge in [-0.2, -0.15) is 0 Å². The molecule has 0 radical (unpaired) electrons. The predicted octanol–water partition coefficient (Wildman–Crippen LogP) is 4.19. The van der Waals surface area contributed by atoms with Crippen molar-refractivity contribution in [3.8, 4) is 0 Å². The van der Waals surface area contributed by atoms with Gasteiger partial charge in [-0.3, -0.25) is 0 Å². The zero-order chi connectivity index (χ0) is 12.8. The molecule has 1 nitrogen and oxygen atoms in total. The van der Waals surface area contributed by atoms with Crippen molar-refractivity contribution in [2.45, 2.75) is 13.2 Å². The minimum absolute atomic E-state index is 0.251. The first kappa shape index (κ1) is 12.5. The zero-order valence-corrected chi connectivity index (χ0v) is 10.1. The summed E-state index contributed by atoms with van der Waals surface area (Å²) in [5, 5.41) is 0. The van der Waals surface area contributed by atoms with Gasteiger partial charge in [-0.1, -0.05) is 49.1 Å². The second kappa shape index (κ2) is 6.12. The summed E-state index contributed by atoms with van der Waals surface area (Å²) in [5.41, 5.74) is 2.83. The van der Waals surface area contributed by atoms with Crippen molar-refractivity contribution in [1.82, 2.24) is 0 Å². The molecule has 0 bridgehead atoms. The molecule has 0 saturated heterocycles. The van der Waals surface area contributed by atoms with E-state index in [4.69, 9.17) is 4.74 Å². The van der Waals surface area contributed by atoms with E-state index in [2.05, 4.69) is 6.58 Å². The van der Waals surface area contributed by atoms with Gasteiger partial charge < -0.3 is 4.74 Å². The Hall–Kier alpha value is -1.93. The summed E-state index contributed by atoms with van der Waals surface area (Å²) < 4.78 is 18.7. The fraction of sp³-hybridized carbons (Fsp3) is 0.125. The molecule has 0 aromatic heterocycles. The highest BCUT2D eigenvalue weighted by Crippen LogP contribution is 2.14. The summed E-state index contributed by atoms with van der Waals surface area (Å²) in [7, 11) is 0. The highest BCUT2D eigenvalue weighted by atomic mass is 19.1. The van der Waals surface area contributed by atoms with Crippen molar-refractivity contribution >= 4 is 6.08 Å². The van der Waals surface area contributed by atoms with Gasteiger partial charge in [-0.15, -0.1) is 0 Å². The summed E-state index contributed by atoms with van der Waals surface area (Å²) in [4.78, 5) is 0. The smallest absolute Gasteiger partial charge is 0.123 e. The van der Waals surface area contributed by atoms with Gasteiger partial charge in [-0.25, -0.2) is 4.39 Å². The van der Waals surface area contributed by atoms with Crippen LogP contribution in [0.15, 0.2) is 55.1 Å². The van der Waals surface area contributed by atoms with Crippen LogP contribution in [0, 0.1) is 5.82 Å². The quantitative estimate of drug-likeness (QED) is 0.764. The molecule has 0 unspecified atom stereocenters. The predicted molar refractivity (Wildman–Crippen MR) is 71.4 cm³/mol. The summed E-state index contributed by atoms with van der Waals surface area (Å²) in [5.74, 6) is -0.251. The van der Waals surface area contributed by atoms with Crippen LogP contribution in [0.25, 0.3) is 6.08 Å². The molecule has 2 rings (SSSR count). The number of halogens is 1. The molecule has 0 fully saturated rings. The Bertz CT molecular complexity index is 520. The van der Waals surface area contributed by atoms with E-state index < -0.39 is 0 Å². The largest absolute Gasteiger partial charge is 0.372 e. The zero-order valence-electron chi connectivity index (χ0n) is 10.1. The van der Waals surface area contributed by atoms with Crippen LogP contribution in [0.1, 0.15) is 16.7 Å². The highest BCUT2D eigenvalue weighted by Gasteiger charge is 2.02. The molecule has 2 heteroatoms. The maximum absolute atomic E-state index is 13.1. The van der Waals surface area contributed by atoms with Gasteiger partial charge >= 0.3 is 0 Å². The molecular weight excluding hydrogens is 227 g/mol. The number of ether oxygens (including phenoxy) is 1. The van der Waals surface area contributed by atoms with E-state index >= 15 is 0 Å². The normalized spacial score (nSPS) is 10.3. The Kier molecular flexibility index (Phi) is 4.26. The van der Waals surface area contributed by atoms with Gasteiger partial charge in [0.05, 0.1) is 13.2 Å². The molecular formula is C16H15FO. The lowest BCUT2D eigenvalue weighted by Crippen LogP contribution is -1.97. The number of benzene rings is 2. The molecule has 0 aliphatic heterocycles. The third-order valence-corrected chi connectivity index (χ3v) is 2.69. The SMILES string of the molecule is C=Cc1ccc(F)cc1COCc1ccccc1. The van der Waals surface area contributed by atoms with Crippen LogP contribution < -0.4 is 0 Å². The fourth-order valence-electron chi connectivity index (χ4n) is 1.75. The second-order valence-electron chi connectivity index (χ2n) is 4.03. The summed E-state index contributed by atoms with van der Waals surface area (Å²) in [6.45, 7) is 4.61. The molecule has 92 valence electrons. The molecule has 0 saturated carbocycles. The molecule has 2 aromatic rings. The Morgan fingerprint density at radius 1 is 1.06 bits per heavy atom. The van der Waals surface area contributed by atoms with E-state index in [1.807, 2.05) is 30.3 Å². The third kappa shape index (κ3) is 3.28. The minimum atomic E-state index is -0.251. The summed E-state index contributed by atoms with van der Waals surface area (Å²) >= 11 is 0. The van der Waals surface area contributed by atoms with E-state index in [9.17, 15) is 4.39 Å². The van der Waals surface area contributed by atoms with Crippen LogP contribution in [0.5, 0.6) is 0 Å². The average Bonchev–Trinajstić information content (AvgIpc) is 2.40. The van der Waals surface area contributed by atoms with Gasteiger partial charge in [0.2, 0.25) is 0 Å². The molecule has 0 amide bonds. The van der Waals surface area contributed by atoms with E-state index in [0.717, 1.165) is 16.7 Å². The van der Waals surface area contributed by atoms with Crippen molar-refractivity contribution in [1.29, 1.82) is 0 Å². The Morgan fingerprint density at radius 3 is 2.56 bits per heavy atom. The standard InChI is InChI=1S/C16H15FO/c1-2-14-8-9-16(17)10-15(14)12-18-11-13-6-4-3-5-7-13/h2-10H,1,11-12H2. The van der Waals surface area contributed by atoms with Gasteiger partial charge in [0.15, 0.2) is 0 Å². The summed E-state index contributed by atoms with van der Waals surface area (Å²) in [6, 6.07) is 14.5. The average molecular weight is 242 g/mol. The molecule has 0 spiro atoms. The van der Waals surface area contributed by atoms with Gasteiger partial charge in [0.25, 0.3) is 0 Å². The fourth-order valence-corrected chi connectivity index (χ4v) is 1.75. The lowest BCUT2D eigenvalue weighted by atomic mass is 10.1. The molecule has 0 aliphatic carbocycles. The monoisotopic (exact) mass is 242 g/mol. The lowest BCUT2D eigenvalue weighted by Gasteiger charge is -2.08. The van der Waals surface area contributed by atoms with Crippen molar-refractivity contribution in [2.75, 3.05) is 0 Å². The summed E-state index contributed by atoms with van der Waals surface area (Å²) in [6.07, 6.45) is 1.71. The third-order valence-electron chi connectivity index (χ3n) is 2.69. The first-order valence-electron chi connectivity index (χ1n) is 5.82. The van der Waals surface area contributed by atoms with Crippen LogP contribution in [-0.4, -0.2) is 0 Å². The molecule has 0 N–H and O–H groups in total. The van der Waals surface area contributed by atoms with Crippen molar-refractivity contribution < 1.29 is 9.13 Å². The Morgan fingerprint density at radius 2 is 1.83 bits per heavy atom. The maximum Gasteiger partial charge on any atom is 0.123 e.